The Kier molecular flexibility index (Phi) is 5.99. The molecule has 0 aliphatic carbocycles. The highest BCUT2D eigenvalue weighted by molar-refractivity contribution is 7.98. The molecule has 7 nitrogen and oxygen atoms in total. The lowest BCUT2D eigenvalue weighted by molar-refractivity contribution is 0.340. The van der Waals surface area contributed by atoms with Gasteiger partial charge in [0.2, 0.25) is 0 Å². The average Bonchev–Trinajstić information content (AvgIpc) is 3.47. The molecule has 0 N–H and O–H groups in total. The summed E-state index contributed by atoms with van der Waals surface area (Å²) >= 11 is 1.60. The Morgan fingerprint density at radius 3 is 2.61 bits per heavy atom. The van der Waals surface area contributed by atoms with Crippen LogP contribution in [0.1, 0.15) is 12.6 Å². The number of pyridine rings is 1. The third-order valence-electron chi connectivity index (χ3n) is 5.13. The fourth-order valence-electron chi connectivity index (χ4n) is 3.60. The van der Waals surface area contributed by atoms with E-state index in [0.29, 0.717) is 12.4 Å². The van der Waals surface area contributed by atoms with Crippen molar-refractivity contribution >= 4 is 17.4 Å². The van der Waals surface area contributed by atoms with Crippen molar-refractivity contribution in [3.05, 3.63) is 84.8 Å². The molecule has 2 aromatic carbocycles. The molecule has 0 saturated heterocycles. The molecule has 3 heterocycles. The molecule has 0 amide bonds. The van der Waals surface area contributed by atoms with Crippen LogP contribution < -0.4 is 9.47 Å². The second-order valence-corrected chi connectivity index (χ2v) is 8.23. The zero-order chi connectivity index (χ0) is 22.6. The maximum Gasteiger partial charge on any atom is 0.196 e. The van der Waals surface area contributed by atoms with Gasteiger partial charge in [0.1, 0.15) is 17.1 Å². The van der Waals surface area contributed by atoms with Crippen LogP contribution in [0, 0.1) is 0 Å². The quantitative estimate of drug-likeness (QED) is 0.295. The second kappa shape index (κ2) is 9.38. The molecule has 8 heteroatoms. The largest absolute Gasteiger partial charge is 0.497 e. The number of methoxy groups -OCH3 is 1. The first-order chi connectivity index (χ1) is 16.2. The molecular formula is C25H23N5O2S. The summed E-state index contributed by atoms with van der Waals surface area (Å²) in [5.41, 5.74) is 3.79. The van der Waals surface area contributed by atoms with E-state index in [1.54, 1.807) is 18.9 Å². The van der Waals surface area contributed by atoms with Crippen LogP contribution in [0.2, 0.25) is 0 Å². The highest BCUT2D eigenvalue weighted by Crippen LogP contribution is 2.31. The van der Waals surface area contributed by atoms with E-state index in [0.717, 1.165) is 45.1 Å². The summed E-state index contributed by atoms with van der Waals surface area (Å²) in [6, 6.07) is 21.8. The highest BCUT2D eigenvalue weighted by Gasteiger charge is 2.17. The average molecular weight is 458 g/mol. The number of fused-ring (bicyclic) bond motifs is 1. The van der Waals surface area contributed by atoms with Gasteiger partial charge in [0.15, 0.2) is 11.0 Å². The number of hydrogen-bond donors (Lipinski definition) is 0. The minimum absolute atomic E-state index is 0.626. The topological polar surface area (TPSA) is 66.5 Å². The van der Waals surface area contributed by atoms with E-state index in [2.05, 4.69) is 14.8 Å². The van der Waals surface area contributed by atoms with Gasteiger partial charge in [-0.25, -0.2) is 4.98 Å². The van der Waals surface area contributed by atoms with E-state index in [1.807, 2.05) is 90.4 Å². The minimum atomic E-state index is 0.626. The van der Waals surface area contributed by atoms with Crippen molar-refractivity contribution in [2.75, 3.05) is 13.7 Å². The number of aromatic nitrogens is 5. The van der Waals surface area contributed by atoms with Gasteiger partial charge in [-0.2, -0.15) is 0 Å². The van der Waals surface area contributed by atoms with Crippen molar-refractivity contribution in [1.29, 1.82) is 0 Å². The standard InChI is InChI=1S/C25H23N5O2S/c1-3-32-21-12-10-20(11-13-21)30-24(18-7-6-8-22(15-18)31-2)27-28-25(30)33-17-19-16-29-14-5-4-9-23(29)26-19/h4-16H,3,17H2,1-2H3. The van der Waals surface area contributed by atoms with Crippen LogP contribution in [0.3, 0.4) is 0 Å². The Balaban J connectivity index is 1.51. The summed E-state index contributed by atoms with van der Waals surface area (Å²) < 4.78 is 15.1. The molecule has 0 saturated carbocycles. The molecule has 0 fully saturated rings. The molecule has 5 rings (SSSR count). The first kappa shape index (κ1) is 21.1. The van der Waals surface area contributed by atoms with Crippen LogP contribution >= 0.6 is 11.8 Å². The first-order valence-electron chi connectivity index (χ1n) is 10.6. The molecule has 0 aliphatic heterocycles. The van der Waals surface area contributed by atoms with Crippen LogP contribution in [0.4, 0.5) is 0 Å². The van der Waals surface area contributed by atoms with Gasteiger partial charge in [0, 0.05) is 29.4 Å². The summed E-state index contributed by atoms with van der Waals surface area (Å²) in [6.07, 6.45) is 4.04. The highest BCUT2D eigenvalue weighted by atomic mass is 32.2. The minimum Gasteiger partial charge on any atom is -0.497 e. The van der Waals surface area contributed by atoms with Gasteiger partial charge in [-0.15, -0.1) is 10.2 Å². The Bertz CT molecular complexity index is 1340. The van der Waals surface area contributed by atoms with Crippen LogP contribution in [-0.2, 0) is 5.75 Å². The van der Waals surface area contributed by atoms with Gasteiger partial charge in [0.05, 0.1) is 19.4 Å². The lowest BCUT2D eigenvalue weighted by atomic mass is 10.2. The predicted octanol–water partition coefficient (Wildman–Crippen LogP) is 5.28. The van der Waals surface area contributed by atoms with Gasteiger partial charge < -0.3 is 13.9 Å². The molecule has 166 valence electrons. The fraction of sp³-hybridized carbons (Fsp3) is 0.160. The first-order valence-corrected chi connectivity index (χ1v) is 11.6. The van der Waals surface area contributed by atoms with E-state index in [1.165, 1.54) is 0 Å². The van der Waals surface area contributed by atoms with Crippen molar-refractivity contribution in [1.82, 2.24) is 24.1 Å². The molecule has 0 aliphatic rings. The van der Waals surface area contributed by atoms with Gasteiger partial charge in [0.25, 0.3) is 0 Å². The fourth-order valence-corrected chi connectivity index (χ4v) is 4.43. The van der Waals surface area contributed by atoms with Crippen molar-refractivity contribution in [3.63, 3.8) is 0 Å². The number of benzene rings is 2. The molecule has 0 bridgehead atoms. The van der Waals surface area contributed by atoms with E-state index < -0.39 is 0 Å². The third-order valence-corrected chi connectivity index (χ3v) is 6.09. The molecule has 0 radical (unpaired) electrons. The Labute approximate surface area is 196 Å². The van der Waals surface area contributed by atoms with Crippen LogP contribution in [0.5, 0.6) is 11.5 Å². The summed E-state index contributed by atoms with van der Waals surface area (Å²) in [7, 11) is 1.66. The summed E-state index contributed by atoms with van der Waals surface area (Å²) in [4.78, 5) is 4.70. The van der Waals surface area contributed by atoms with Gasteiger partial charge in [-0.1, -0.05) is 30.0 Å². The zero-order valence-corrected chi connectivity index (χ0v) is 19.2. The van der Waals surface area contributed by atoms with Crippen molar-refractivity contribution in [2.24, 2.45) is 0 Å². The maximum atomic E-state index is 5.61. The Hall–Kier alpha value is -3.78. The number of thioether (sulfide) groups is 1. The smallest absolute Gasteiger partial charge is 0.196 e. The number of imidazole rings is 1. The SMILES string of the molecule is CCOc1ccc(-n2c(SCc3cn4ccccc4n3)nnc2-c2cccc(OC)c2)cc1. The van der Waals surface area contributed by atoms with Crippen LogP contribution in [-0.4, -0.2) is 37.9 Å². The number of ether oxygens (including phenoxy) is 2. The molecule has 0 unspecified atom stereocenters. The predicted molar refractivity (Wildman–Crippen MR) is 129 cm³/mol. The van der Waals surface area contributed by atoms with Crippen molar-refractivity contribution in [3.8, 4) is 28.6 Å². The molecule has 5 aromatic rings. The zero-order valence-electron chi connectivity index (χ0n) is 18.4. The number of nitrogens with zero attached hydrogens (tertiary/aromatic N) is 5. The van der Waals surface area contributed by atoms with E-state index in [9.17, 15) is 0 Å². The van der Waals surface area contributed by atoms with Crippen LogP contribution in [0.15, 0.2) is 84.3 Å². The monoisotopic (exact) mass is 457 g/mol. The second-order valence-electron chi connectivity index (χ2n) is 7.29. The van der Waals surface area contributed by atoms with Crippen LogP contribution in [0.25, 0.3) is 22.7 Å². The maximum absolute atomic E-state index is 5.61. The molecular weight excluding hydrogens is 434 g/mol. The van der Waals surface area contributed by atoms with E-state index in [-0.39, 0.29) is 0 Å². The van der Waals surface area contributed by atoms with E-state index >= 15 is 0 Å². The van der Waals surface area contributed by atoms with Gasteiger partial charge in [-0.3, -0.25) is 4.57 Å². The number of hydrogen-bond acceptors (Lipinski definition) is 6. The third kappa shape index (κ3) is 4.42. The molecule has 33 heavy (non-hydrogen) atoms. The lowest BCUT2D eigenvalue weighted by Gasteiger charge is -2.12. The van der Waals surface area contributed by atoms with Gasteiger partial charge >= 0.3 is 0 Å². The van der Waals surface area contributed by atoms with Gasteiger partial charge in [-0.05, 0) is 55.5 Å². The Morgan fingerprint density at radius 2 is 1.82 bits per heavy atom. The molecule has 0 atom stereocenters. The normalized spacial score (nSPS) is 11.1. The molecule has 0 spiro atoms. The van der Waals surface area contributed by atoms with E-state index in [4.69, 9.17) is 14.5 Å². The van der Waals surface area contributed by atoms with Crippen molar-refractivity contribution in [2.45, 2.75) is 17.8 Å². The summed E-state index contributed by atoms with van der Waals surface area (Å²) in [5.74, 6) is 3.02. The summed E-state index contributed by atoms with van der Waals surface area (Å²) in [5, 5.41) is 9.84. The number of rotatable bonds is 8. The van der Waals surface area contributed by atoms with Crippen molar-refractivity contribution < 1.29 is 9.47 Å². The molecule has 3 aromatic heterocycles. The summed E-state index contributed by atoms with van der Waals surface area (Å²) in [6.45, 7) is 2.60. The lowest BCUT2D eigenvalue weighted by Crippen LogP contribution is -2.00. The Morgan fingerprint density at radius 1 is 0.939 bits per heavy atom.